The minimum Gasteiger partial charge on any atom is -0.478 e. The van der Waals surface area contributed by atoms with E-state index in [4.69, 9.17) is 9.84 Å². The Kier molecular flexibility index (Phi) is 15.0. The minimum absolute atomic E-state index is 0.312. The summed E-state index contributed by atoms with van der Waals surface area (Å²) >= 11 is 0. The zero-order valence-corrected chi connectivity index (χ0v) is 22.8. The molecule has 2 N–H and O–H groups in total. The first-order valence-corrected chi connectivity index (χ1v) is 13.4. The van der Waals surface area contributed by atoms with Crippen LogP contribution in [0, 0.1) is 17.8 Å². The van der Waals surface area contributed by atoms with Gasteiger partial charge in [0.1, 0.15) is 11.7 Å². The van der Waals surface area contributed by atoms with E-state index in [-0.39, 0.29) is 0 Å². The lowest BCUT2D eigenvalue weighted by atomic mass is 9.90. The number of allylic oxidation sites excluding steroid dienone is 7. The van der Waals surface area contributed by atoms with E-state index in [1.54, 1.807) is 13.0 Å². The second-order valence-electron chi connectivity index (χ2n) is 10.5. The number of rotatable bonds is 17. The molecular formula is C30H46O6. The number of carbonyl (C=O) groups is 3. The van der Waals surface area contributed by atoms with Gasteiger partial charge in [-0.05, 0) is 63.4 Å². The van der Waals surface area contributed by atoms with E-state index in [0.717, 1.165) is 30.8 Å². The fraction of sp³-hybridized carbons (Fsp3) is 0.633. The lowest BCUT2D eigenvalue weighted by molar-refractivity contribution is -0.155. The van der Waals surface area contributed by atoms with Crippen LogP contribution in [-0.4, -0.2) is 34.0 Å². The van der Waals surface area contributed by atoms with Gasteiger partial charge in [0, 0.05) is 18.6 Å². The van der Waals surface area contributed by atoms with Crippen molar-refractivity contribution in [3.05, 3.63) is 47.3 Å². The van der Waals surface area contributed by atoms with Crippen molar-refractivity contribution in [2.24, 2.45) is 17.8 Å². The van der Waals surface area contributed by atoms with Crippen molar-refractivity contribution >= 4 is 17.5 Å². The van der Waals surface area contributed by atoms with Gasteiger partial charge in [0.05, 0.1) is 0 Å². The first-order chi connectivity index (χ1) is 17.0. The van der Waals surface area contributed by atoms with Crippen molar-refractivity contribution in [3.8, 4) is 0 Å². The van der Waals surface area contributed by atoms with Crippen molar-refractivity contribution in [3.63, 3.8) is 0 Å². The van der Waals surface area contributed by atoms with Crippen molar-refractivity contribution in [2.45, 2.75) is 105 Å². The summed E-state index contributed by atoms with van der Waals surface area (Å²) < 4.78 is 5.40. The number of aliphatic hydroxyl groups is 1. The van der Waals surface area contributed by atoms with Crippen LogP contribution in [-0.2, 0) is 19.1 Å². The van der Waals surface area contributed by atoms with Gasteiger partial charge in [-0.1, -0.05) is 70.3 Å². The van der Waals surface area contributed by atoms with Crippen LogP contribution in [0.5, 0.6) is 0 Å². The summed E-state index contributed by atoms with van der Waals surface area (Å²) in [6.45, 7) is 10.6. The zero-order valence-electron chi connectivity index (χ0n) is 22.8. The smallest absolute Gasteiger partial charge is 0.327 e. The predicted molar refractivity (Wildman–Crippen MR) is 143 cm³/mol. The van der Waals surface area contributed by atoms with Crippen LogP contribution in [0.4, 0.5) is 0 Å². The van der Waals surface area contributed by atoms with Crippen LogP contribution in [0.1, 0.15) is 98.8 Å². The molecule has 1 rings (SSSR count). The van der Waals surface area contributed by atoms with Crippen LogP contribution in [0.15, 0.2) is 47.3 Å². The highest BCUT2D eigenvalue weighted by atomic mass is 16.6. The summed E-state index contributed by atoms with van der Waals surface area (Å²) in [6.07, 6.45) is 15.8. The third-order valence-corrected chi connectivity index (χ3v) is 6.40. The molecule has 0 radical (unpaired) electrons. The number of unbranched alkanes of at least 4 members (excludes halogenated alkanes) is 4. The number of carboxylic acids is 1. The van der Waals surface area contributed by atoms with E-state index in [1.807, 2.05) is 13.0 Å². The van der Waals surface area contributed by atoms with E-state index in [9.17, 15) is 19.5 Å². The Morgan fingerprint density at radius 1 is 1.06 bits per heavy atom. The first kappa shape index (κ1) is 31.6. The molecule has 202 valence electrons. The molecule has 36 heavy (non-hydrogen) atoms. The largest absolute Gasteiger partial charge is 0.478 e. The van der Waals surface area contributed by atoms with E-state index >= 15 is 0 Å². The van der Waals surface area contributed by atoms with Crippen molar-refractivity contribution < 1.29 is 29.3 Å². The molecule has 3 unspecified atom stereocenters. The fourth-order valence-electron chi connectivity index (χ4n) is 4.47. The predicted octanol–water partition coefficient (Wildman–Crippen LogP) is 6.70. The molecule has 0 aliphatic carbocycles. The Morgan fingerprint density at radius 3 is 2.39 bits per heavy atom. The van der Waals surface area contributed by atoms with Crippen LogP contribution in [0.2, 0.25) is 0 Å². The number of carboxylic acid groups (broad SMARTS) is 1. The number of aliphatic carboxylic acids is 1. The molecular weight excluding hydrogens is 456 g/mol. The molecule has 6 nitrogen and oxygen atoms in total. The van der Waals surface area contributed by atoms with Crippen molar-refractivity contribution in [1.29, 1.82) is 0 Å². The third kappa shape index (κ3) is 13.0. The van der Waals surface area contributed by atoms with Gasteiger partial charge in [0.25, 0.3) is 0 Å². The molecule has 0 spiro atoms. The highest BCUT2D eigenvalue weighted by molar-refractivity contribution is 6.14. The van der Waals surface area contributed by atoms with E-state index in [0.29, 0.717) is 30.6 Å². The second-order valence-corrected chi connectivity index (χ2v) is 10.5. The van der Waals surface area contributed by atoms with Gasteiger partial charge >= 0.3 is 5.97 Å². The molecule has 1 aliphatic heterocycles. The fourth-order valence-corrected chi connectivity index (χ4v) is 4.47. The molecule has 1 heterocycles. The molecule has 3 atom stereocenters. The van der Waals surface area contributed by atoms with Crippen LogP contribution < -0.4 is 0 Å². The molecule has 0 aromatic carbocycles. The first-order valence-electron chi connectivity index (χ1n) is 13.4. The van der Waals surface area contributed by atoms with Gasteiger partial charge in [-0.3, -0.25) is 9.59 Å². The Hall–Kier alpha value is -2.47. The summed E-state index contributed by atoms with van der Waals surface area (Å²) in [4.78, 5) is 35.8. The molecule has 0 aromatic rings. The van der Waals surface area contributed by atoms with E-state index < -0.39 is 29.7 Å². The quantitative estimate of drug-likeness (QED) is 0.0993. The summed E-state index contributed by atoms with van der Waals surface area (Å²) in [6, 6.07) is 0. The van der Waals surface area contributed by atoms with Crippen molar-refractivity contribution in [1.82, 2.24) is 0 Å². The molecule has 6 heteroatoms. The molecule has 0 fully saturated rings. The van der Waals surface area contributed by atoms with Gasteiger partial charge in [-0.25, -0.2) is 4.79 Å². The number of hydrogen-bond acceptors (Lipinski definition) is 5. The van der Waals surface area contributed by atoms with Gasteiger partial charge < -0.3 is 14.9 Å². The molecule has 0 saturated carbocycles. The molecule has 0 amide bonds. The standard InChI is InChI=1S/C30H46O6/c1-21(2)19-23(4)14-10-7-6-9-13-22(3)17-18-24(5)29(34)28-26(31)20-25(36-30(28)35)15-11-8-12-16-27(32)33/h12,16-18,20-21,23,28,30,35H,6-11,13-15,19H2,1-5H3,(H,32,33)/b16-12?,22-17?,24-18+. The lowest BCUT2D eigenvalue weighted by Gasteiger charge is -2.26. The number of ether oxygens (including phenoxy) is 1. The van der Waals surface area contributed by atoms with Gasteiger partial charge in [0.15, 0.2) is 11.6 Å². The van der Waals surface area contributed by atoms with Gasteiger partial charge in [-0.15, -0.1) is 0 Å². The average Bonchev–Trinajstić information content (AvgIpc) is 2.78. The number of Topliss-reactive ketones (excluding diaryl/α,β-unsaturated/α-hetero) is 1. The van der Waals surface area contributed by atoms with Gasteiger partial charge in [-0.2, -0.15) is 0 Å². The maximum absolute atomic E-state index is 12.8. The SMILES string of the molecule is CC(=C/C=C(\C)C(=O)C1C(=O)C=C(CCCC=CC(=O)O)OC1O)CCCCCCC(C)CC(C)C. The number of aliphatic hydroxyl groups excluding tert-OH is 1. The van der Waals surface area contributed by atoms with E-state index in [2.05, 4.69) is 20.8 Å². The molecule has 0 bridgehead atoms. The summed E-state index contributed by atoms with van der Waals surface area (Å²) in [5, 5.41) is 18.9. The number of carbonyl (C=O) groups excluding carboxylic acids is 2. The summed E-state index contributed by atoms with van der Waals surface area (Å²) in [7, 11) is 0. The van der Waals surface area contributed by atoms with Crippen LogP contribution in [0.25, 0.3) is 0 Å². The average molecular weight is 503 g/mol. The topological polar surface area (TPSA) is 101 Å². The third-order valence-electron chi connectivity index (χ3n) is 6.40. The summed E-state index contributed by atoms with van der Waals surface area (Å²) in [5.74, 6) is -1.30. The van der Waals surface area contributed by atoms with Crippen LogP contribution >= 0.6 is 0 Å². The Labute approximate surface area is 217 Å². The Morgan fingerprint density at radius 2 is 1.75 bits per heavy atom. The monoisotopic (exact) mass is 502 g/mol. The molecule has 0 aromatic heterocycles. The van der Waals surface area contributed by atoms with Crippen LogP contribution in [0.3, 0.4) is 0 Å². The second kappa shape index (κ2) is 17.1. The number of hydrogen-bond donors (Lipinski definition) is 2. The maximum atomic E-state index is 12.8. The number of ketones is 2. The highest BCUT2D eigenvalue weighted by Crippen LogP contribution is 2.25. The molecule has 0 saturated heterocycles. The summed E-state index contributed by atoms with van der Waals surface area (Å²) in [5.41, 5.74) is 1.59. The zero-order chi connectivity index (χ0) is 27.1. The minimum atomic E-state index is -1.52. The lowest BCUT2D eigenvalue weighted by Crippen LogP contribution is -2.39. The normalized spacial score (nSPS) is 20.0. The molecule has 1 aliphatic rings. The Bertz CT molecular complexity index is 846. The Balaban J connectivity index is 2.47. The highest BCUT2D eigenvalue weighted by Gasteiger charge is 2.38. The van der Waals surface area contributed by atoms with E-state index in [1.165, 1.54) is 49.8 Å². The van der Waals surface area contributed by atoms with Gasteiger partial charge in [0.2, 0.25) is 6.29 Å². The van der Waals surface area contributed by atoms with Crippen molar-refractivity contribution in [2.75, 3.05) is 0 Å². The maximum Gasteiger partial charge on any atom is 0.327 e.